The van der Waals surface area contributed by atoms with Crippen LogP contribution in [0.15, 0.2) is 30.3 Å². The van der Waals surface area contributed by atoms with Crippen LogP contribution in [-0.2, 0) is 4.79 Å². The van der Waals surface area contributed by atoms with Crippen molar-refractivity contribution in [1.82, 2.24) is 5.32 Å². The summed E-state index contributed by atoms with van der Waals surface area (Å²) in [5.41, 5.74) is 1.80. The molecule has 2 N–H and O–H groups in total. The maximum absolute atomic E-state index is 12.1. The number of hydrogen-bond acceptors (Lipinski definition) is 3. The Hall–Kier alpha value is -1.81. The molecule has 0 bridgehead atoms. The van der Waals surface area contributed by atoms with Crippen molar-refractivity contribution in [2.24, 2.45) is 0 Å². The van der Waals surface area contributed by atoms with Gasteiger partial charge in [-0.05, 0) is 44.2 Å². The first-order valence-corrected chi connectivity index (χ1v) is 7.40. The Morgan fingerprint density at radius 3 is 2.62 bits per heavy atom. The molecule has 0 atom stereocenters. The number of aliphatic hydroxyl groups excluding tert-OH is 1. The number of rotatable bonds is 4. The van der Waals surface area contributed by atoms with Crippen molar-refractivity contribution in [1.29, 1.82) is 0 Å². The van der Waals surface area contributed by atoms with E-state index >= 15 is 0 Å². The van der Waals surface area contributed by atoms with Crippen LogP contribution in [0.2, 0.25) is 0 Å². The van der Waals surface area contributed by atoms with Gasteiger partial charge in [0.1, 0.15) is 5.75 Å². The molecule has 2 rings (SSSR count). The number of ether oxygens (including phenoxy) is 1. The first-order valence-electron chi connectivity index (χ1n) is 7.40. The topological polar surface area (TPSA) is 58.6 Å². The molecule has 1 aromatic rings. The van der Waals surface area contributed by atoms with Crippen LogP contribution in [0.3, 0.4) is 0 Å². The highest BCUT2D eigenvalue weighted by Gasteiger charge is 2.20. The zero-order chi connectivity index (χ0) is 15.2. The van der Waals surface area contributed by atoms with E-state index in [2.05, 4.69) is 5.32 Å². The van der Waals surface area contributed by atoms with Gasteiger partial charge >= 0.3 is 0 Å². The van der Waals surface area contributed by atoms with Crippen molar-refractivity contribution in [2.75, 3.05) is 7.11 Å². The van der Waals surface area contributed by atoms with E-state index in [4.69, 9.17) is 4.74 Å². The fourth-order valence-corrected chi connectivity index (χ4v) is 2.71. The van der Waals surface area contributed by atoms with E-state index in [0.29, 0.717) is 0 Å². The van der Waals surface area contributed by atoms with E-state index in [1.165, 1.54) is 0 Å². The molecule has 1 fully saturated rings. The van der Waals surface area contributed by atoms with E-state index < -0.39 is 0 Å². The Morgan fingerprint density at radius 1 is 1.29 bits per heavy atom. The molecule has 1 saturated carbocycles. The second-order valence-electron chi connectivity index (χ2n) is 5.54. The largest absolute Gasteiger partial charge is 0.496 e. The molecule has 1 amide bonds. The Balaban J connectivity index is 1.99. The zero-order valence-corrected chi connectivity index (χ0v) is 12.6. The summed E-state index contributed by atoms with van der Waals surface area (Å²) in [5.74, 6) is 0.680. The first-order chi connectivity index (χ1) is 10.1. The lowest BCUT2D eigenvalue weighted by Crippen LogP contribution is -2.37. The predicted octanol–water partition coefficient (Wildman–Crippen LogP) is 2.52. The Kier molecular flexibility index (Phi) is 5.39. The molecular formula is C17H23NO3. The smallest absolute Gasteiger partial charge is 0.244 e. The number of methoxy groups -OCH3 is 1. The van der Waals surface area contributed by atoms with Gasteiger partial charge in [0.25, 0.3) is 0 Å². The lowest BCUT2D eigenvalue weighted by atomic mass is 9.93. The van der Waals surface area contributed by atoms with Gasteiger partial charge in [0.05, 0.1) is 13.2 Å². The van der Waals surface area contributed by atoms with Crippen molar-refractivity contribution < 1.29 is 14.6 Å². The lowest BCUT2D eigenvalue weighted by molar-refractivity contribution is -0.117. The van der Waals surface area contributed by atoms with Gasteiger partial charge in [-0.25, -0.2) is 0 Å². The number of benzene rings is 1. The van der Waals surface area contributed by atoms with E-state index in [1.54, 1.807) is 13.2 Å². The number of allylic oxidation sites excluding steroid dienone is 1. The number of carbonyl (C=O) groups is 1. The molecule has 4 nitrogen and oxygen atoms in total. The minimum atomic E-state index is -0.205. The average molecular weight is 289 g/mol. The van der Waals surface area contributed by atoms with Crippen LogP contribution >= 0.6 is 0 Å². The monoisotopic (exact) mass is 289 g/mol. The van der Waals surface area contributed by atoms with Crippen molar-refractivity contribution in [2.45, 2.75) is 44.8 Å². The van der Waals surface area contributed by atoms with Crippen LogP contribution < -0.4 is 10.1 Å². The van der Waals surface area contributed by atoms with Crippen molar-refractivity contribution in [3.8, 4) is 5.75 Å². The van der Waals surface area contributed by atoms with Crippen molar-refractivity contribution in [3.05, 3.63) is 35.9 Å². The number of nitrogens with one attached hydrogen (secondary N) is 1. The van der Waals surface area contributed by atoms with Crippen LogP contribution in [0.25, 0.3) is 5.57 Å². The van der Waals surface area contributed by atoms with Crippen LogP contribution in [0.1, 0.15) is 38.2 Å². The third kappa shape index (κ3) is 4.33. The summed E-state index contributed by atoms with van der Waals surface area (Å²) in [6, 6.07) is 7.82. The molecule has 21 heavy (non-hydrogen) atoms. The maximum Gasteiger partial charge on any atom is 0.244 e. The van der Waals surface area contributed by atoms with Crippen molar-refractivity contribution >= 4 is 11.5 Å². The highest BCUT2D eigenvalue weighted by Crippen LogP contribution is 2.25. The third-order valence-corrected chi connectivity index (χ3v) is 3.92. The number of para-hydroxylation sites is 1. The summed E-state index contributed by atoms with van der Waals surface area (Å²) < 4.78 is 5.31. The minimum absolute atomic E-state index is 0.0835. The summed E-state index contributed by atoms with van der Waals surface area (Å²) >= 11 is 0. The molecule has 1 aliphatic rings. The molecule has 0 aliphatic heterocycles. The zero-order valence-electron chi connectivity index (χ0n) is 12.6. The summed E-state index contributed by atoms with van der Waals surface area (Å²) in [6.07, 6.45) is 4.62. The van der Waals surface area contributed by atoms with Gasteiger partial charge in [-0.3, -0.25) is 4.79 Å². The molecule has 1 aliphatic carbocycles. The minimum Gasteiger partial charge on any atom is -0.496 e. The average Bonchev–Trinajstić information content (AvgIpc) is 2.49. The Labute approximate surface area is 125 Å². The quantitative estimate of drug-likeness (QED) is 0.837. The van der Waals surface area contributed by atoms with E-state index in [1.807, 2.05) is 31.2 Å². The molecule has 0 unspecified atom stereocenters. The number of carbonyl (C=O) groups excluding carboxylic acids is 1. The van der Waals surface area contributed by atoms with Gasteiger partial charge in [-0.1, -0.05) is 18.2 Å². The second-order valence-corrected chi connectivity index (χ2v) is 5.54. The SMILES string of the molecule is COc1ccccc1/C(C)=C/C(=O)NC1CCC(O)CC1. The Bertz CT molecular complexity index is 517. The van der Waals surface area contributed by atoms with Gasteiger partial charge < -0.3 is 15.2 Å². The van der Waals surface area contributed by atoms with Crippen LogP contribution in [0.5, 0.6) is 5.75 Å². The maximum atomic E-state index is 12.1. The van der Waals surface area contributed by atoms with Crippen LogP contribution in [0, 0.1) is 0 Å². The molecular weight excluding hydrogens is 266 g/mol. The van der Waals surface area contributed by atoms with Crippen LogP contribution in [-0.4, -0.2) is 30.3 Å². The summed E-state index contributed by atoms with van der Waals surface area (Å²) in [6.45, 7) is 1.90. The molecule has 4 heteroatoms. The summed E-state index contributed by atoms with van der Waals surface area (Å²) in [5, 5.41) is 12.5. The fraction of sp³-hybridized carbons (Fsp3) is 0.471. The highest BCUT2D eigenvalue weighted by atomic mass is 16.5. The number of amides is 1. The molecule has 0 radical (unpaired) electrons. The molecule has 0 heterocycles. The third-order valence-electron chi connectivity index (χ3n) is 3.92. The van der Waals surface area contributed by atoms with E-state index in [9.17, 15) is 9.90 Å². The number of hydrogen-bond donors (Lipinski definition) is 2. The van der Waals surface area contributed by atoms with Gasteiger partial charge in [-0.15, -0.1) is 0 Å². The molecule has 0 saturated heterocycles. The standard InChI is InChI=1S/C17H23NO3/c1-12(15-5-3-4-6-16(15)21-2)11-17(20)18-13-7-9-14(19)10-8-13/h3-6,11,13-14,19H,7-10H2,1-2H3,(H,18,20)/b12-11+. The fourth-order valence-electron chi connectivity index (χ4n) is 2.71. The second kappa shape index (κ2) is 7.27. The highest BCUT2D eigenvalue weighted by molar-refractivity contribution is 5.95. The van der Waals surface area contributed by atoms with Gasteiger partial charge in [-0.2, -0.15) is 0 Å². The molecule has 1 aromatic carbocycles. The van der Waals surface area contributed by atoms with Gasteiger partial charge in [0.2, 0.25) is 5.91 Å². The Morgan fingerprint density at radius 2 is 1.95 bits per heavy atom. The van der Waals surface area contributed by atoms with Gasteiger partial charge in [0.15, 0.2) is 0 Å². The van der Waals surface area contributed by atoms with Crippen molar-refractivity contribution in [3.63, 3.8) is 0 Å². The molecule has 114 valence electrons. The summed E-state index contributed by atoms with van der Waals surface area (Å²) in [7, 11) is 1.62. The summed E-state index contributed by atoms with van der Waals surface area (Å²) in [4.78, 5) is 12.1. The predicted molar refractivity (Wildman–Crippen MR) is 83.1 cm³/mol. The molecule has 0 spiro atoms. The lowest BCUT2D eigenvalue weighted by Gasteiger charge is -2.25. The van der Waals surface area contributed by atoms with E-state index in [-0.39, 0.29) is 18.1 Å². The molecule has 0 aromatic heterocycles. The van der Waals surface area contributed by atoms with E-state index in [0.717, 1.165) is 42.6 Å². The van der Waals surface area contributed by atoms with Gasteiger partial charge in [0, 0.05) is 17.7 Å². The van der Waals surface area contributed by atoms with Crippen LogP contribution in [0.4, 0.5) is 0 Å². The number of aliphatic hydroxyl groups is 1. The first kappa shape index (κ1) is 15.6. The normalized spacial score (nSPS) is 22.7.